The Kier molecular flexibility index (Phi) is 5.44. The number of hydrogen-bond donors (Lipinski definition) is 2. The fourth-order valence-electron chi connectivity index (χ4n) is 2.22. The molecule has 1 aromatic rings. The molecule has 4 nitrogen and oxygen atoms in total. The van der Waals surface area contributed by atoms with E-state index in [1.807, 2.05) is 43.0 Å². The number of thioether (sulfide) groups is 1. The third-order valence-corrected chi connectivity index (χ3v) is 4.68. The highest BCUT2D eigenvalue weighted by atomic mass is 32.2. The van der Waals surface area contributed by atoms with Crippen LogP contribution in [0.5, 0.6) is 0 Å². The van der Waals surface area contributed by atoms with Crippen LogP contribution >= 0.6 is 11.8 Å². The van der Waals surface area contributed by atoms with Crippen LogP contribution in [0.2, 0.25) is 0 Å². The number of carbonyl (C=O) groups excluding carboxylic acids is 1. The van der Waals surface area contributed by atoms with E-state index in [9.17, 15) is 9.59 Å². The molecule has 1 aliphatic heterocycles. The van der Waals surface area contributed by atoms with E-state index < -0.39 is 5.97 Å². The van der Waals surface area contributed by atoms with Gasteiger partial charge >= 0.3 is 5.97 Å². The number of carboxylic acid groups (broad SMARTS) is 1. The minimum absolute atomic E-state index is 0.0411. The summed E-state index contributed by atoms with van der Waals surface area (Å²) in [7, 11) is 0. The molecule has 1 amide bonds. The summed E-state index contributed by atoms with van der Waals surface area (Å²) in [6, 6.07) is 7.48. The maximum atomic E-state index is 12.1. The second kappa shape index (κ2) is 7.31. The van der Waals surface area contributed by atoms with Crippen molar-refractivity contribution in [3.63, 3.8) is 0 Å². The van der Waals surface area contributed by atoms with Gasteiger partial charge in [-0.05, 0) is 36.3 Å². The molecule has 112 valence electrons. The average Bonchev–Trinajstić information content (AvgIpc) is 3.00. The summed E-state index contributed by atoms with van der Waals surface area (Å²) in [5.74, 6) is 1.28. The van der Waals surface area contributed by atoms with Crippen molar-refractivity contribution in [2.75, 3.05) is 11.5 Å². The maximum absolute atomic E-state index is 12.1. The molecule has 0 aromatic heterocycles. The molecular formula is C16H19NO3S. The van der Waals surface area contributed by atoms with Gasteiger partial charge in [-0.2, -0.15) is 11.8 Å². The average molecular weight is 305 g/mol. The lowest BCUT2D eigenvalue weighted by Crippen LogP contribution is -2.32. The molecule has 1 fully saturated rings. The second-order valence-electron chi connectivity index (χ2n) is 5.13. The smallest absolute Gasteiger partial charge is 0.328 e. The van der Waals surface area contributed by atoms with Crippen LogP contribution in [-0.2, 0) is 9.59 Å². The van der Waals surface area contributed by atoms with Gasteiger partial charge < -0.3 is 10.4 Å². The van der Waals surface area contributed by atoms with E-state index in [0.29, 0.717) is 0 Å². The van der Waals surface area contributed by atoms with Crippen LogP contribution in [0.4, 0.5) is 0 Å². The van der Waals surface area contributed by atoms with Gasteiger partial charge in [0.25, 0.3) is 0 Å². The van der Waals surface area contributed by atoms with Gasteiger partial charge in [0, 0.05) is 17.7 Å². The fourth-order valence-corrected chi connectivity index (χ4v) is 3.44. The number of hydrogen-bond acceptors (Lipinski definition) is 3. The summed E-state index contributed by atoms with van der Waals surface area (Å²) < 4.78 is 0. The topological polar surface area (TPSA) is 66.4 Å². The van der Waals surface area contributed by atoms with Crippen LogP contribution in [0.3, 0.4) is 0 Å². The second-order valence-corrected chi connectivity index (χ2v) is 6.28. The molecule has 1 heterocycles. The van der Waals surface area contributed by atoms with Crippen molar-refractivity contribution in [3.05, 3.63) is 41.5 Å². The van der Waals surface area contributed by atoms with Crippen LogP contribution in [0.25, 0.3) is 6.08 Å². The Bertz CT molecular complexity index is 533. The van der Waals surface area contributed by atoms with Gasteiger partial charge in [-0.15, -0.1) is 0 Å². The minimum atomic E-state index is -0.964. The first kappa shape index (κ1) is 15.6. The van der Waals surface area contributed by atoms with Crippen molar-refractivity contribution in [2.45, 2.75) is 19.4 Å². The Morgan fingerprint density at radius 2 is 2.10 bits per heavy atom. The SMILES string of the molecule is CC(NC(=O)C1CCSC1)c1ccc(C=CC(=O)O)cc1. The van der Waals surface area contributed by atoms with E-state index in [1.165, 1.54) is 0 Å². The van der Waals surface area contributed by atoms with E-state index in [1.54, 1.807) is 6.08 Å². The van der Waals surface area contributed by atoms with Crippen molar-refractivity contribution in [3.8, 4) is 0 Å². The summed E-state index contributed by atoms with van der Waals surface area (Å²) in [6.07, 6.45) is 3.62. The van der Waals surface area contributed by atoms with E-state index >= 15 is 0 Å². The number of carboxylic acids is 1. The Morgan fingerprint density at radius 3 is 2.67 bits per heavy atom. The summed E-state index contributed by atoms with van der Waals surface area (Å²) in [5.41, 5.74) is 1.84. The van der Waals surface area contributed by atoms with Gasteiger partial charge in [0.05, 0.1) is 6.04 Å². The van der Waals surface area contributed by atoms with E-state index in [4.69, 9.17) is 5.11 Å². The monoisotopic (exact) mass is 305 g/mol. The quantitative estimate of drug-likeness (QED) is 0.821. The van der Waals surface area contributed by atoms with Gasteiger partial charge in [-0.3, -0.25) is 4.79 Å². The molecule has 1 saturated heterocycles. The molecule has 0 radical (unpaired) electrons. The zero-order chi connectivity index (χ0) is 15.2. The Labute approximate surface area is 128 Å². The number of carbonyl (C=O) groups is 2. The molecule has 21 heavy (non-hydrogen) atoms. The first-order chi connectivity index (χ1) is 10.1. The third kappa shape index (κ3) is 4.63. The summed E-state index contributed by atoms with van der Waals surface area (Å²) in [4.78, 5) is 22.5. The number of aliphatic carboxylic acids is 1. The van der Waals surface area contributed by atoms with Crippen LogP contribution < -0.4 is 5.32 Å². The molecule has 2 atom stereocenters. The maximum Gasteiger partial charge on any atom is 0.328 e. The standard InChI is InChI=1S/C16H19NO3S/c1-11(17-16(20)14-8-9-21-10-14)13-5-2-12(3-6-13)4-7-15(18)19/h2-7,11,14H,8-10H2,1H3,(H,17,20)(H,18,19). The molecule has 2 rings (SSSR count). The molecule has 5 heteroatoms. The number of nitrogens with one attached hydrogen (secondary N) is 1. The van der Waals surface area contributed by atoms with Crippen molar-refractivity contribution in [1.82, 2.24) is 5.32 Å². The van der Waals surface area contributed by atoms with Gasteiger partial charge in [0.1, 0.15) is 0 Å². The highest BCUT2D eigenvalue weighted by molar-refractivity contribution is 7.99. The summed E-state index contributed by atoms with van der Waals surface area (Å²) in [6.45, 7) is 1.96. The van der Waals surface area contributed by atoms with Gasteiger partial charge in [-0.25, -0.2) is 4.79 Å². The zero-order valence-corrected chi connectivity index (χ0v) is 12.7. The van der Waals surface area contributed by atoms with E-state index in [-0.39, 0.29) is 17.9 Å². The molecule has 1 aromatic carbocycles. The molecule has 0 saturated carbocycles. The fraction of sp³-hybridized carbons (Fsp3) is 0.375. The van der Waals surface area contributed by atoms with Gasteiger partial charge in [-0.1, -0.05) is 24.3 Å². The first-order valence-electron chi connectivity index (χ1n) is 6.95. The molecule has 2 unspecified atom stereocenters. The lowest BCUT2D eigenvalue weighted by molar-refractivity contribution is -0.131. The predicted octanol–water partition coefficient (Wildman–Crippen LogP) is 2.71. The van der Waals surface area contributed by atoms with Crippen LogP contribution in [0.15, 0.2) is 30.3 Å². The molecule has 1 aliphatic rings. The molecule has 0 aliphatic carbocycles. The van der Waals surface area contributed by atoms with Crippen molar-refractivity contribution in [2.24, 2.45) is 5.92 Å². The summed E-state index contributed by atoms with van der Waals surface area (Å²) in [5, 5.41) is 11.6. The number of amides is 1. The van der Waals surface area contributed by atoms with Crippen molar-refractivity contribution in [1.29, 1.82) is 0 Å². The molecule has 2 N–H and O–H groups in total. The zero-order valence-electron chi connectivity index (χ0n) is 11.9. The lowest BCUT2D eigenvalue weighted by Gasteiger charge is -2.17. The van der Waals surface area contributed by atoms with E-state index in [2.05, 4.69) is 5.32 Å². The van der Waals surface area contributed by atoms with E-state index in [0.717, 1.165) is 35.1 Å². The highest BCUT2D eigenvalue weighted by Gasteiger charge is 2.24. The van der Waals surface area contributed by atoms with Crippen LogP contribution in [0.1, 0.15) is 30.5 Å². The minimum Gasteiger partial charge on any atom is -0.478 e. The number of benzene rings is 1. The third-order valence-electron chi connectivity index (χ3n) is 3.51. The molecular weight excluding hydrogens is 286 g/mol. The van der Waals surface area contributed by atoms with Crippen LogP contribution in [-0.4, -0.2) is 28.5 Å². The Balaban J connectivity index is 1.94. The van der Waals surface area contributed by atoms with Gasteiger partial charge in [0.2, 0.25) is 5.91 Å². The lowest BCUT2D eigenvalue weighted by atomic mass is 10.0. The Hall–Kier alpha value is -1.75. The first-order valence-corrected chi connectivity index (χ1v) is 8.11. The molecule has 0 spiro atoms. The van der Waals surface area contributed by atoms with Crippen LogP contribution in [0, 0.1) is 5.92 Å². The number of rotatable bonds is 5. The molecule has 0 bridgehead atoms. The predicted molar refractivity (Wildman–Crippen MR) is 85.1 cm³/mol. The van der Waals surface area contributed by atoms with Gasteiger partial charge in [0.15, 0.2) is 0 Å². The van der Waals surface area contributed by atoms with Crippen molar-refractivity contribution >= 4 is 29.7 Å². The van der Waals surface area contributed by atoms with Crippen molar-refractivity contribution < 1.29 is 14.7 Å². The highest BCUT2D eigenvalue weighted by Crippen LogP contribution is 2.24. The normalized spacial score (nSPS) is 19.6. The summed E-state index contributed by atoms with van der Waals surface area (Å²) >= 11 is 1.83. The Morgan fingerprint density at radius 1 is 1.38 bits per heavy atom. The largest absolute Gasteiger partial charge is 0.478 e.